The van der Waals surface area contributed by atoms with Gasteiger partial charge in [-0.05, 0) is 61.4 Å². The fraction of sp³-hybridized carbons (Fsp3) is 0.407. The predicted molar refractivity (Wildman–Crippen MR) is 126 cm³/mol. The van der Waals surface area contributed by atoms with E-state index in [1.807, 2.05) is 30.3 Å². The van der Waals surface area contributed by atoms with Crippen molar-refractivity contribution in [2.75, 3.05) is 6.61 Å². The average Bonchev–Trinajstić information content (AvgIpc) is 3.29. The summed E-state index contributed by atoms with van der Waals surface area (Å²) in [6.45, 7) is 5.07. The quantitative estimate of drug-likeness (QED) is 0.161. The van der Waals surface area contributed by atoms with Crippen LogP contribution < -0.4 is 9.47 Å². The minimum absolute atomic E-state index is 0.396. The Kier molecular flexibility index (Phi) is 9.36. The Morgan fingerprint density at radius 2 is 1.53 bits per heavy atom. The standard InChI is InChI=1S/C27H33NO4/c1-3-5-7-9-19-30-23-15-13-22(14-16-23)27(29)31-24-17-11-21(12-18-24)26-20-25(32-28-26)10-8-6-4-2/h11-18,20H,3-10,19H2,1-2H3. The summed E-state index contributed by atoms with van der Waals surface area (Å²) in [7, 11) is 0. The Morgan fingerprint density at radius 1 is 0.844 bits per heavy atom. The molecule has 0 spiro atoms. The molecule has 0 saturated carbocycles. The van der Waals surface area contributed by atoms with Gasteiger partial charge in [0, 0.05) is 18.1 Å². The summed E-state index contributed by atoms with van der Waals surface area (Å²) in [5.74, 6) is 1.76. The van der Waals surface area contributed by atoms with Crippen molar-refractivity contribution in [1.82, 2.24) is 5.16 Å². The van der Waals surface area contributed by atoms with E-state index in [1.165, 1.54) is 32.1 Å². The molecule has 1 heterocycles. The first-order chi connectivity index (χ1) is 15.7. The van der Waals surface area contributed by atoms with Crippen LogP contribution in [0.1, 0.15) is 74.9 Å². The van der Waals surface area contributed by atoms with Gasteiger partial charge in [0.25, 0.3) is 0 Å². The van der Waals surface area contributed by atoms with E-state index < -0.39 is 5.97 Å². The average molecular weight is 436 g/mol. The molecule has 3 aromatic rings. The second-order valence-corrected chi connectivity index (χ2v) is 7.98. The smallest absolute Gasteiger partial charge is 0.343 e. The minimum atomic E-state index is -0.396. The Bertz CT molecular complexity index is 945. The number of nitrogens with zero attached hydrogens (tertiary/aromatic N) is 1. The molecule has 0 amide bonds. The largest absolute Gasteiger partial charge is 0.494 e. The summed E-state index contributed by atoms with van der Waals surface area (Å²) in [6.07, 6.45) is 9.03. The molecule has 0 atom stereocenters. The highest BCUT2D eigenvalue weighted by Crippen LogP contribution is 2.24. The van der Waals surface area contributed by atoms with Crippen LogP contribution in [0.2, 0.25) is 0 Å². The van der Waals surface area contributed by atoms with E-state index in [-0.39, 0.29) is 0 Å². The van der Waals surface area contributed by atoms with Gasteiger partial charge < -0.3 is 14.0 Å². The molecule has 3 rings (SSSR count). The van der Waals surface area contributed by atoms with E-state index in [2.05, 4.69) is 19.0 Å². The van der Waals surface area contributed by atoms with Crippen molar-refractivity contribution < 1.29 is 18.8 Å². The molecule has 1 aromatic heterocycles. The van der Waals surface area contributed by atoms with Crippen molar-refractivity contribution in [3.63, 3.8) is 0 Å². The molecule has 2 aromatic carbocycles. The molecule has 170 valence electrons. The van der Waals surface area contributed by atoms with Gasteiger partial charge in [-0.3, -0.25) is 0 Å². The van der Waals surface area contributed by atoms with Crippen molar-refractivity contribution in [1.29, 1.82) is 0 Å². The Labute approximate surface area is 190 Å². The highest BCUT2D eigenvalue weighted by atomic mass is 16.5. The maximum Gasteiger partial charge on any atom is 0.343 e. The molecule has 0 unspecified atom stereocenters. The Hall–Kier alpha value is -3.08. The predicted octanol–water partition coefficient (Wildman–Crippen LogP) is 7.25. The lowest BCUT2D eigenvalue weighted by molar-refractivity contribution is 0.0734. The van der Waals surface area contributed by atoms with Crippen LogP contribution in [0.15, 0.2) is 59.1 Å². The van der Waals surface area contributed by atoms with Crippen LogP contribution in [0.3, 0.4) is 0 Å². The van der Waals surface area contributed by atoms with Crippen molar-refractivity contribution in [3.8, 4) is 22.8 Å². The number of carbonyl (C=O) groups is 1. The number of ether oxygens (including phenoxy) is 2. The number of unbranched alkanes of at least 4 members (excludes halogenated alkanes) is 5. The first kappa shape index (κ1) is 23.6. The van der Waals surface area contributed by atoms with Crippen LogP contribution in [0.4, 0.5) is 0 Å². The van der Waals surface area contributed by atoms with Crippen LogP contribution in [-0.4, -0.2) is 17.7 Å². The van der Waals surface area contributed by atoms with Gasteiger partial charge in [-0.15, -0.1) is 0 Å². The van der Waals surface area contributed by atoms with Gasteiger partial charge in [0.05, 0.1) is 12.2 Å². The van der Waals surface area contributed by atoms with Gasteiger partial charge in [0.15, 0.2) is 0 Å². The molecule has 32 heavy (non-hydrogen) atoms. The molecule has 0 N–H and O–H groups in total. The van der Waals surface area contributed by atoms with E-state index in [0.717, 1.165) is 42.0 Å². The third kappa shape index (κ3) is 7.26. The molecule has 0 fully saturated rings. The van der Waals surface area contributed by atoms with Crippen molar-refractivity contribution in [3.05, 3.63) is 65.9 Å². The lowest BCUT2D eigenvalue weighted by Gasteiger charge is -2.08. The molecule has 5 nitrogen and oxygen atoms in total. The molecule has 0 aliphatic heterocycles. The molecule has 0 aliphatic rings. The molecular formula is C27H33NO4. The van der Waals surface area contributed by atoms with Gasteiger partial charge in [-0.2, -0.15) is 0 Å². The summed E-state index contributed by atoms with van der Waals surface area (Å²) in [5.41, 5.74) is 2.20. The highest BCUT2D eigenvalue weighted by Gasteiger charge is 2.11. The van der Waals surface area contributed by atoms with E-state index >= 15 is 0 Å². The van der Waals surface area contributed by atoms with E-state index in [0.29, 0.717) is 17.9 Å². The summed E-state index contributed by atoms with van der Waals surface area (Å²) in [4.78, 5) is 12.5. The Balaban J connectivity index is 1.50. The zero-order valence-electron chi connectivity index (χ0n) is 19.1. The number of aromatic nitrogens is 1. The van der Waals surface area contributed by atoms with Crippen LogP contribution >= 0.6 is 0 Å². The maximum absolute atomic E-state index is 12.5. The normalized spacial score (nSPS) is 10.8. The van der Waals surface area contributed by atoms with Crippen LogP contribution in [0.25, 0.3) is 11.3 Å². The van der Waals surface area contributed by atoms with E-state index in [4.69, 9.17) is 14.0 Å². The molecule has 5 heteroatoms. The second-order valence-electron chi connectivity index (χ2n) is 7.98. The van der Waals surface area contributed by atoms with Gasteiger partial charge in [-0.1, -0.05) is 51.1 Å². The number of rotatable bonds is 13. The lowest BCUT2D eigenvalue weighted by Crippen LogP contribution is -2.08. The summed E-state index contributed by atoms with van der Waals surface area (Å²) < 4.78 is 16.7. The third-order valence-electron chi connectivity index (χ3n) is 5.30. The van der Waals surface area contributed by atoms with Crippen LogP contribution in [0, 0.1) is 0 Å². The molecule has 0 radical (unpaired) electrons. The van der Waals surface area contributed by atoms with E-state index in [1.54, 1.807) is 24.3 Å². The SMILES string of the molecule is CCCCCCOc1ccc(C(=O)Oc2ccc(-c3cc(CCCCC)on3)cc2)cc1. The first-order valence-electron chi connectivity index (χ1n) is 11.7. The molecule has 0 saturated heterocycles. The highest BCUT2D eigenvalue weighted by molar-refractivity contribution is 5.91. The number of aryl methyl sites for hydroxylation is 1. The van der Waals surface area contributed by atoms with Crippen LogP contribution in [0.5, 0.6) is 11.5 Å². The second kappa shape index (κ2) is 12.7. The molecule has 0 aliphatic carbocycles. The third-order valence-corrected chi connectivity index (χ3v) is 5.30. The van der Waals surface area contributed by atoms with Crippen molar-refractivity contribution in [2.24, 2.45) is 0 Å². The molecule has 0 bridgehead atoms. The van der Waals surface area contributed by atoms with Gasteiger partial charge in [0.2, 0.25) is 0 Å². The fourth-order valence-electron chi connectivity index (χ4n) is 3.38. The monoisotopic (exact) mass is 435 g/mol. The van der Waals surface area contributed by atoms with Crippen molar-refractivity contribution >= 4 is 5.97 Å². The zero-order valence-corrected chi connectivity index (χ0v) is 19.1. The Morgan fingerprint density at radius 3 is 2.25 bits per heavy atom. The van der Waals surface area contributed by atoms with Gasteiger partial charge >= 0.3 is 5.97 Å². The minimum Gasteiger partial charge on any atom is -0.494 e. The number of esters is 1. The molecular weight excluding hydrogens is 402 g/mol. The van der Waals surface area contributed by atoms with Gasteiger partial charge in [-0.25, -0.2) is 4.79 Å². The van der Waals surface area contributed by atoms with Crippen molar-refractivity contribution in [2.45, 2.75) is 65.2 Å². The topological polar surface area (TPSA) is 61.6 Å². The summed E-state index contributed by atoms with van der Waals surface area (Å²) in [5, 5.41) is 4.15. The number of carbonyl (C=O) groups excluding carboxylic acids is 1. The first-order valence-corrected chi connectivity index (χ1v) is 11.7. The number of hydrogen-bond acceptors (Lipinski definition) is 5. The zero-order chi connectivity index (χ0) is 22.6. The van der Waals surface area contributed by atoms with E-state index in [9.17, 15) is 4.79 Å². The fourth-order valence-corrected chi connectivity index (χ4v) is 3.38. The van der Waals surface area contributed by atoms with Gasteiger partial charge in [0.1, 0.15) is 23.0 Å². The van der Waals surface area contributed by atoms with Crippen LogP contribution in [-0.2, 0) is 6.42 Å². The summed E-state index contributed by atoms with van der Waals surface area (Å²) in [6, 6.07) is 16.4. The maximum atomic E-state index is 12.5. The number of hydrogen-bond donors (Lipinski definition) is 0. The summed E-state index contributed by atoms with van der Waals surface area (Å²) >= 11 is 0. The number of benzene rings is 2. The lowest BCUT2D eigenvalue weighted by atomic mass is 10.1.